The quantitative estimate of drug-likeness (QED) is 0.559. The fourth-order valence-electron chi connectivity index (χ4n) is 3.11. The summed E-state index contributed by atoms with van der Waals surface area (Å²) in [6, 6.07) is 26.5. The molecule has 0 aliphatic carbocycles. The molecule has 0 aliphatic heterocycles. The lowest BCUT2D eigenvalue weighted by Crippen LogP contribution is -2.07. The van der Waals surface area contributed by atoms with E-state index in [4.69, 9.17) is 0 Å². The number of hydrogen-bond donors (Lipinski definition) is 0. The average molecular weight is 337 g/mol. The third kappa shape index (κ3) is 2.86. The molecule has 1 aromatic heterocycles. The van der Waals surface area contributed by atoms with E-state index < -0.39 is 10.8 Å². The Morgan fingerprint density at radius 3 is 1.79 bits per heavy atom. The number of nitrogens with zero attached hydrogens (tertiary/aromatic N) is 1. The lowest BCUT2D eigenvalue weighted by molar-refractivity contribution is 0.677. The molecule has 0 saturated carbocycles. The monoisotopic (exact) mass is 337 g/mol. The van der Waals surface area contributed by atoms with Crippen molar-refractivity contribution in [2.75, 3.05) is 5.75 Å². The van der Waals surface area contributed by atoms with Crippen LogP contribution in [0.4, 0.5) is 0 Å². The standard InChI is InChI=1S/C20H17NOS.H2O/c22-23(16-8-2-1-3-9-16)15-14-21-19-12-6-4-10-17(19)18-11-5-7-13-20(18)21;/h1-13H,14-15H2;1H2. The van der Waals surface area contributed by atoms with Crippen molar-refractivity contribution >= 4 is 32.6 Å². The second kappa shape index (κ2) is 6.99. The summed E-state index contributed by atoms with van der Waals surface area (Å²) in [6.07, 6.45) is 0. The summed E-state index contributed by atoms with van der Waals surface area (Å²) in [5, 5.41) is 2.52. The first-order valence-corrected chi connectivity index (χ1v) is 9.06. The van der Waals surface area contributed by atoms with Gasteiger partial charge in [-0.05, 0) is 24.3 Å². The zero-order chi connectivity index (χ0) is 15.6. The molecular formula is C20H19NO2S. The molecule has 4 aromatic rings. The predicted octanol–water partition coefficient (Wildman–Crippen LogP) is 3.78. The highest BCUT2D eigenvalue weighted by Gasteiger charge is 2.11. The van der Waals surface area contributed by atoms with Gasteiger partial charge in [0.2, 0.25) is 0 Å². The third-order valence-electron chi connectivity index (χ3n) is 4.19. The summed E-state index contributed by atoms with van der Waals surface area (Å²) in [4.78, 5) is 0.897. The van der Waals surface area contributed by atoms with Crippen molar-refractivity contribution < 1.29 is 9.69 Å². The van der Waals surface area contributed by atoms with Crippen LogP contribution in [-0.4, -0.2) is 20.0 Å². The van der Waals surface area contributed by atoms with E-state index in [1.54, 1.807) is 0 Å². The van der Waals surface area contributed by atoms with Crippen LogP contribution in [0.1, 0.15) is 0 Å². The Balaban J connectivity index is 0.00000169. The van der Waals surface area contributed by atoms with Gasteiger partial charge in [0.1, 0.15) is 0 Å². The van der Waals surface area contributed by atoms with Gasteiger partial charge < -0.3 is 10.0 Å². The molecule has 3 aromatic carbocycles. The molecule has 0 bridgehead atoms. The molecule has 1 heterocycles. The first-order valence-electron chi connectivity index (χ1n) is 7.74. The maximum absolute atomic E-state index is 12.5. The minimum atomic E-state index is -0.975. The van der Waals surface area contributed by atoms with Crippen molar-refractivity contribution in [2.45, 2.75) is 11.4 Å². The molecule has 0 fully saturated rings. The number of para-hydroxylation sites is 2. The zero-order valence-electron chi connectivity index (χ0n) is 13.2. The second-order valence-corrected chi connectivity index (χ2v) is 7.12. The van der Waals surface area contributed by atoms with Crippen LogP contribution in [0.3, 0.4) is 0 Å². The Hall–Kier alpha value is -2.43. The Labute approximate surface area is 143 Å². The van der Waals surface area contributed by atoms with E-state index >= 15 is 0 Å². The van der Waals surface area contributed by atoms with Crippen LogP contribution in [0.15, 0.2) is 83.8 Å². The van der Waals surface area contributed by atoms with E-state index in [0.717, 1.165) is 11.4 Å². The van der Waals surface area contributed by atoms with Crippen molar-refractivity contribution in [1.29, 1.82) is 0 Å². The van der Waals surface area contributed by atoms with Crippen LogP contribution >= 0.6 is 0 Å². The van der Waals surface area contributed by atoms with E-state index in [2.05, 4.69) is 53.1 Å². The number of rotatable bonds is 4. The van der Waals surface area contributed by atoms with Gasteiger partial charge in [0.15, 0.2) is 0 Å². The highest BCUT2D eigenvalue weighted by Crippen LogP contribution is 2.28. The maximum Gasteiger partial charge on any atom is 0.0547 e. The van der Waals surface area contributed by atoms with Crippen molar-refractivity contribution in [3.63, 3.8) is 0 Å². The Morgan fingerprint density at radius 2 is 1.21 bits per heavy atom. The van der Waals surface area contributed by atoms with Gasteiger partial charge in [-0.15, -0.1) is 0 Å². The summed E-state index contributed by atoms with van der Waals surface area (Å²) in [5.74, 6) is 0.618. The average Bonchev–Trinajstić information content (AvgIpc) is 2.94. The molecular weight excluding hydrogens is 318 g/mol. The molecule has 4 heteroatoms. The first-order chi connectivity index (χ1) is 11.3. The Kier molecular flexibility index (Phi) is 4.79. The molecule has 2 N–H and O–H groups in total. The molecule has 122 valence electrons. The van der Waals surface area contributed by atoms with Gasteiger partial charge in [0, 0.05) is 39.0 Å². The molecule has 24 heavy (non-hydrogen) atoms. The summed E-state index contributed by atoms with van der Waals surface area (Å²) >= 11 is 0. The van der Waals surface area contributed by atoms with E-state index in [-0.39, 0.29) is 5.48 Å². The smallest absolute Gasteiger partial charge is 0.0547 e. The summed E-state index contributed by atoms with van der Waals surface area (Å²) < 4.78 is 14.8. The van der Waals surface area contributed by atoms with Crippen LogP contribution in [0.2, 0.25) is 0 Å². The number of hydrogen-bond acceptors (Lipinski definition) is 1. The lowest BCUT2D eigenvalue weighted by Gasteiger charge is -2.07. The molecule has 3 nitrogen and oxygen atoms in total. The molecule has 0 amide bonds. The highest BCUT2D eigenvalue weighted by atomic mass is 32.2. The highest BCUT2D eigenvalue weighted by molar-refractivity contribution is 7.85. The van der Waals surface area contributed by atoms with E-state index in [9.17, 15) is 4.21 Å². The van der Waals surface area contributed by atoms with E-state index in [1.807, 2.05) is 30.3 Å². The van der Waals surface area contributed by atoms with Crippen molar-refractivity contribution in [2.24, 2.45) is 0 Å². The van der Waals surface area contributed by atoms with Crippen molar-refractivity contribution in [3.05, 3.63) is 78.9 Å². The molecule has 1 atom stereocenters. The Bertz CT molecular complexity index is 939. The fraction of sp³-hybridized carbons (Fsp3) is 0.100. The predicted molar refractivity (Wildman–Crippen MR) is 101 cm³/mol. The van der Waals surface area contributed by atoms with Crippen LogP contribution in [0.5, 0.6) is 0 Å². The normalized spacial score (nSPS) is 12.2. The van der Waals surface area contributed by atoms with Crippen LogP contribution in [-0.2, 0) is 17.3 Å². The van der Waals surface area contributed by atoms with Crippen LogP contribution in [0, 0.1) is 0 Å². The molecule has 0 spiro atoms. The number of benzene rings is 3. The number of aromatic nitrogens is 1. The third-order valence-corrected chi connectivity index (χ3v) is 5.54. The van der Waals surface area contributed by atoms with Gasteiger partial charge in [-0.1, -0.05) is 54.6 Å². The molecule has 1 unspecified atom stereocenters. The largest absolute Gasteiger partial charge is 0.412 e. The van der Waals surface area contributed by atoms with E-state index in [0.29, 0.717) is 5.75 Å². The van der Waals surface area contributed by atoms with E-state index in [1.165, 1.54) is 21.8 Å². The molecule has 0 radical (unpaired) electrons. The maximum atomic E-state index is 12.5. The van der Waals surface area contributed by atoms with Crippen molar-refractivity contribution in [1.82, 2.24) is 4.57 Å². The Morgan fingerprint density at radius 1 is 0.708 bits per heavy atom. The van der Waals surface area contributed by atoms with Gasteiger partial charge in [0.05, 0.1) is 10.8 Å². The fourth-order valence-corrected chi connectivity index (χ4v) is 4.15. The SMILES string of the molecule is O.O=S(CCn1c2ccccc2c2ccccc21)c1ccccc1. The molecule has 0 aliphatic rings. The zero-order valence-corrected chi connectivity index (χ0v) is 14.0. The number of aryl methyl sites for hydroxylation is 1. The van der Waals surface area contributed by atoms with Gasteiger partial charge >= 0.3 is 0 Å². The minimum absolute atomic E-state index is 0. The van der Waals surface area contributed by atoms with Gasteiger partial charge in [0.25, 0.3) is 0 Å². The summed E-state index contributed by atoms with van der Waals surface area (Å²) in [5.41, 5.74) is 2.41. The van der Waals surface area contributed by atoms with Crippen LogP contribution in [0.25, 0.3) is 21.8 Å². The minimum Gasteiger partial charge on any atom is -0.412 e. The molecule has 0 saturated heterocycles. The topological polar surface area (TPSA) is 53.5 Å². The van der Waals surface area contributed by atoms with Gasteiger partial charge in [-0.25, -0.2) is 0 Å². The first kappa shape index (κ1) is 16.4. The summed E-state index contributed by atoms with van der Waals surface area (Å²) in [6.45, 7) is 0.746. The van der Waals surface area contributed by atoms with Crippen LogP contribution < -0.4 is 0 Å². The summed E-state index contributed by atoms with van der Waals surface area (Å²) in [7, 11) is -0.975. The van der Waals surface area contributed by atoms with Crippen molar-refractivity contribution in [3.8, 4) is 0 Å². The van der Waals surface area contributed by atoms with Gasteiger partial charge in [-0.2, -0.15) is 0 Å². The molecule has 4 rings (SSSR count). The number of fused-ring (bicyclic) bond motifs is 3. The lowest BCUT2D eigenvalue weighted by atomic mass is 10.2. The van der Waals surface area contributed by atoms with Gasteiger partial charge in [-0.3, -0.25) is 4.21 Å². The second-order valence-electron chi connectivity index (χ2n) is 5.55.